The maximum absolute atomic E-state index is 10.9. The van der Waals surface area contributed by atoms with Crippen molar-refractivity contribution in [2.45, 2.75) is 95.0 Å². The number of aliphatic hydroxyl groups is 1. The van der Waals surface area contributed by atoms with E-state index < -0.39 is 36.8 Å². The van der Waals surface area contributed by atoms with Crippen molar-refractivity contribution in [1.29, 1.82) is 0 Å². The molecule has 0 radical (unpaired) electrons. The van der Waals surface area contributed by atoms with Gasteiger partial charge >= 0.3 is 0 Å². The second kappa shape index (κ2) is 17.7. The quantitative estimate of drug-likeness (QED) is 0.150. The Bertz CT molecular complexity index is 1420. The molecule has 2 aliphatic rings. The minimum atomic E-state index is -0.806. The SMILES string of the molecule is O[C@@H]1CCCC[C@H]1O[C@H]1O[C@H](COCc2ccccc2)[C@@H](OCc2ccccc2)[C@H](OCc2ccccc2)[C@@H]1OCc1ccccc1. The van der Waals surface area contributed by atoms with Crippen LogP contribution in [0.2, 0.25) is 0 Å². The van der Waals surface area contributed by atoms with Crippen LogP contribution >= 0.6 is 0 Å². The number of hydrogen-bond donors (Lipinski definition) is 1. The summed E-state index contributed by atoms with van der Waals surface area (Å²) in [4.78, 5) is 0. The van der Waals surface area contributed by atoms with Gasteiger partial charge in [0.25, 0.3) is 0 Å². The van der Waals surface area contributed by atoms with Crippen LogP contribution in [-0.4, -0.2) is 54.6 Å². The van der Waals surface area contributed by atoms with Gasteiger partial charge in [0.1, 0.15) is 24.4 Å². The minimum Gasteiger partial charge on any atom is -0.390 e. The smallest absolute Gasteiger partial charge is 0.187 e. The topological polar surface area (TPSA) is 75.6 Å². The molecular weight excluding hydrogens is 592 g/mol. The summed E-state index contributed by atoms with van der Waals surface area (Å²) in [5.74, 6) is 0. The molecule has 4 aromatic carbocycles. The van der Waals surface area contributed by atoms with Crippen molar-refractivity contribution < 1.29 is 33.5 Å². The summed E-state index contributed by atoms with van der Waals surface area (Å²) in [6, 6.07) is 40.3. The van der Waals surface area contributed by atoms with E-state index in [9.17, 15) is 5.11 Å². The molecule has 1 heterocycles. The van der Waals surface area contributed by atoms with E-state index in [0.29, 0.717) is 32.8 Å². The third-order valence-corrected chi connectivity index (χ3v) is 8.82. The summed E-state index contributed by atoms with van der Waals surface area (Å²) in [7, 11) is 0. The summed E-state index contributed by atoms with van der Waals surface area (Å²) in [5, 5.41) is 10.9. The molecular formula is C40H46O7. The number of benzene rings is 4. The Morgan fingerprint density at radius 3 is 1.49 bits per heavy atom. The summed E-state index contributed by atoms with van der Waals surface area (Å²) < 4.78 is 39.9. The lowest BCUT2D eigenvalue weighted by Gasteiger charge is -2.47. The van der Waals surface area contributed by atoms with Crippen molar-refractivity contribution in [1.82, 2.24) is 0 Å². The monoisotopic (exact) mass is 638 g/mol. The van der Waals surface area contributed by atoms with Gasteiger partial charge in [0.15, 0.2) is 6.29 Å². The zero-order chi connectivity index (χ0) is 32.1. The highest BCUT2D eigenvalue weighted by molar-refractivity contribution is 5.16. The van der Waals surface area contributed by atoms with E-state index in [1.54, 1.807) is 0 Å². The highest BCUT2D eigenvalue weighted by Gasteiger charge is 2.50. The van der Waals surface area contributed by atoms with E-state index in [1.807, 2.05) is 121 Å². The molecule has 1 saturated heterocycles. The Labute approximate surface area is 278 Å². The third-order valence-electron chi connectivity index (χ3n) is 8.82. The zero-order valence-corrected chi connectivity index (χ0v) is 26.8. The molecule has 7 heteroatoms. The third kappa shape index (κ3) is 9.81. The van der Waals surface area contributed by atoms with Crippen LogP contribution in [0.5, 0.6) is 0 Å². The van der Waals surface area contributed by atoms with Crippen LogP contribution in [0.1, 0.15) is 47.9 Å². The van der Waals surface area contributed by atoms with Crippen LogP contribution in [0.15, 0.2) is 121 Å². The van der Waals surface area contributed by atoms with Crippen molar-refractivity contribution in [3.05, 3.63) is 144 Å². The molecule has 7 atom stereocenters. The van der Waals surface area contributed by atoms with Crippen LogP contribution in [0.25, 0.3) is 0 Å². The van der Waals surface area contributed by atoms with Crippen LogP contribution in [-0.2, 0) is 54.8 Å². The molecule has 7 nitrogen and oxygen atoms in total. The van der Waals surface area contributed by atoms with Gasteiger partial charge in [0.2, 0.25) is 0 Å². The predicted molar refractivity (Wildman–Crippen MR) is 179 cm³/mol. The molecule has 1 saturated carbocycles. The van der Waals surface area contributed by atoms with Gasteiger partial charge in [-0.3, -0.25) is 0 Å². The van der Waals surface area contributed by atoms with Gasteiger partial charge in [0.05, 0.1) is 45.2 Å². The Morgan fingerprint density at radius 1 is 0.532 bits per heavy atom. The highest BCUT2D eigenvalue weighted by Crippen LogP contribution is 2.34. The lowest BCUT2D eigenvalue weighted by Crippen LogP contribution is -2.62. The van der Waals surface area contributed by atoms with E-state index in [1.165, 1.54) is 0 Å². The summed E-state index contributed by atoms with van der Waals surface area (Å²) in [6.45, 7) is 1.76. The van der Waals surface area contributed by atoms with Gasteiger partial charge in [-0.05, 0) is 35.1 Å². The first kappa shape index (κ1) is 33.5. The van der Waals surface area contributed by atoms with E-state index in [2.05, 4.69) is 0 Å². The normalized spacial score (nSPS) is 26.2. The fourth-order valence-corrected chi connectivity index (χ4v) is 6.26. The molecule has 0 bridgehead atoms. The number of rotatable bonds is 15. The van der Waals surface area contributed by atoms with E-state index in [-0.39, 0.29) is 12.7 Å². The van der Waals surface area contributed by atoms with Gasteiger partial charge < -0.3 is 33.5 Å². The molecule has 1 aliphatic heterocycles. The maximum Gasteiger partial charge on any atom is 0.187 e. The van der Waals surface area contributed by atoms with Crippen molar-refractivity contribution in [2.75, 3.05) is 6.61 Å². The fraction of sp³-hybridized carbons (Fsp3) is 0.400. The summed E-state index contributed by atoms with van der Waals surface area (Å²) in [5.41, 5.74) is 4.19. The summed E-state index contributed by atoms with van der Waals surface area (Å²) >= 11 is 0. The largest absolute Gasteiger partial charge is 0.390 e. The van der Waals surface area contributed by atoms with Gasteiger partial charge in [-0.1, -0.05) is 134 Å². The molecule has 0 amide bonds. The molecule has 0 spiro atoms. The van der Waals surface area contributed by atoms with Crippen LogP contribution in [0.3, 0.4) is 0 Å². The predicted octanol–water partition coefficient (Wildman–Crippen LogP) is 7.00. The van der Waals surface area contributed by atoms with Crippen molar-refractivity contribution in [2.24, 2.45) is 0 Å². The molecule has 6 rings (SSSR count). The van der Waals surface area contributed by atoms with E-state index in [0.717, 1.165) is 41.5 Å². The molecule has 1 aliphatic carbocycles. The van der Waals surface area contributed by atoms with E-state index in [4.69, 9.17) is 28.4 Å². The van der Waals surface area contributed by atoms with Crippen molar-refractivity contribution >= 4 is 0 Å². The lowest BCUT2D eigenvalue weighted by atomic mass is 9.94. The first-order chi connectivity index (χ1) is 23.2. The van der Waals surface area contributed by atoms with Crippen LogP contribution < -0.4 is 0 Å². The molecule has 2 fully saturated rings. The highest BCUT2D eigenvalue weighted by atomic mass is 16.7. The molecule has 1 N–H and O–H groups in total. The Hall–Kier alpha value is -3.40. The van der Waals surface area contributed by atoms with Crippen molar-refractivity contribution in [3.63, 3.8) is 0 Å². The first-order valence-electron chi connectivity index (χ1n) is 16.8. The van der Waals surface area contributed by atoms with Crippen molar-refractivity contribution in [3.8, 4) is 0 Å². The molecule has 47 heavy (non-hydrogen) atoms. The molecule has 0 unspecified atom stereocenters. The average Bonchev–Trinajstić information content (AvgIpc) is 3.12. The summed E-state index contributed by atoms with van der Waals surface area (Å²) in [6.07, 6.45) is -0.565. The standard InChI is InChI=1S/C40H46O7/c41-34-23-13-14-24-35(34)46-40-39(45-28-33-21-11-4-12-22-33)38(44-27-32-19-9-3-10-20-32)37(43-26-31-17-7-2-8-18-31)36(47-40)29-42-25-30-15-5-1-6-16-30/h1-12,15-22,34-41H,13-14,23-29H2/t34-,35-,36-,37-,38+,39+,40+/m1/s1. The first-order valence-corrected chi connectivity index (χ1v) is 16.8. The lowest BCUT2D eigenvalue weighted by molar-refractivity contribution is -0.341. The van der Waals surface area contributed by atoms with Gasteiger partial charge in [-0.15, -0.1) is 0 Å². The molecule has 4 aromatic rings. The minimum absolute atomic E-state index is 0.262. The van der Waals surface area contributed by atoms with Gasteiger partial charge in [-0.25, -0.2) is 0 Å². The van der Waals surface area contributed by atoms with Gasteiger partial charge in [-0.2, -0.15) is 0 Å². The Kier molecular flexibility index (Phi) is 12.6. The average molecular weight is 639 g/mol. The number of ether oxygens (including phenoxy) is 6. The maximum atomic E-state index is 10.9. The van der Waals surface area contributed by atoms with Crippen LogP contribution in [0.4, 0.5) is 0 Å². The fourth-order valence-electron chi connectivity index (χ4n) is 6.26. The second-order valence-electron chi connectivity index (χ2n) is 12.4. The van der Waals surface area contributed by atoms with Gasteiger partial charge in [0, 0.05) is 0 Å². The van der Waals surface area contributed by atoms with Crippen LogP contribution in [0, 0.1) is 0 Å². The Balaban J connectivity index is 1.30. The second-order valence-corrected chi connectivity index (χ2v) is 12.4. The number of aliphatic hydroxyl groups excluding tert-OH is 1. The Morgan fingerprint density at radius 2 is 0.979 bits per heavy atom. The molecule has 248 valence electrons. The number of hydrogen-bond acceptors (Lipinski definition) is 7. The zero-order valence-electron chi connectivity index (χ0n) is 26.8. The van der Waals surface area contributed by atoms with E-state index >= 15 is 0 Å². The molecule has 0 aromatic heterocycles.